The van der Waals surface area contributed by atoms with Crippen molar-refractivity contribution in [2.45, 2.75) is 23.7 Å². The highest BCUT2D eigenvalue weighted by Gasteiger charge is 2.62. The van der Waals surface area contributed by atoms with Crippen LogP contribution in [0.4, 0.5) is 0 Å². The SMILES string of the molecule is O=CC12COC(=O)C1NC1C(=O)OC(=O)C1N2. The van der Waals surface area contributed by atoms with Crippen LogP contribution >= 0.6 is 0 Å². The first-order valence-corrected chi connectivity index (χ1v) is 5.00. The Kier molecular flexibility index (Phi) is 1.90. The number of fused-ring (bicyclic) bond motifs is 2. The molecule has 0 aromatic carbocycles. The lowest BCUT2D eigenvalue weighted by Gasteiger charge is -2.37. The fourth-order valence-electron chi connectivity index (χ4n) is 2.32. The van der Waals surface area contributed by atoms with Crippen molar-refractivity contribution in [1.82, 2.24) is 10.6 Å². The summed E-state index contributed by atoms with van der Waals surface area (Å²) in [6, 6.07) is -2.88. The fraction of sp³-hybridized carbons (Fsp3) is 0.556. The number of ether oxygens (including phenoxy) is 2. The van der Waals surface area contributed by atoms with Crippen molar-refractivity contribution in [1.29, 1.82) is 0 Å². The molecule has 0 saturated carbocycles. The van der Waals surface area contributed by atoms with Crippen LogP contribution in [0, 0.1) is 0 Å². The average molecular weight is 240 g/mol. The molecule has 0 spiro atoms. The predicted octanol–water partition coefficient (Wildman–Crippen LogP) is -3.14. The normalized spacial score (nSPS) is 43.8. The topological polar surface area (TPSA) is 111 Å². The maximum Gasteiger partial charge on any atom is 0.333 e. The molecule has 2 N–H and O–H groups in total. The maximum absolute atomic E-state index is 11.4. The molecule has 0 amide bonds. The molecule has 3 aliphatic rings. The van der Waals surface area contributed by atoms with Crippen LogP contribution in [0.25, 0.3) is 0 Å². The number of nitrogens with one attached hydrogen (secondary N) is 2. The van der Waals surface area contributed by atoms with Crippen LogP contribution in [-0.2, 0) is 28.7 Å². The van der Waals surface area contributed by atoms with Gasteiger partial charge in [0.1, 0.15) is 36.6 Å². The van der Waals surface area contributed by atoms with Crippen molar-refractivity contribution in [2.24, 2.45) is 0 Å². The number of hydrogen-bond acceptors (Lipinski definition) is 8. The molecule has 4 atom stereocenters. The van der Waals surface area contributed by atoms with Crippen molar-refractivity contribution in [3.05, 3.63) is 0 Å². The van der Waals surface area contributed by atoms with E-state index in [0.29, 0.717) is 6.29 Å². The summed E-state index contributed by atoms with van der Waals surface area (Å²) in [4.78, 5) is 45.2. The van der Waals surface area contributed by atoms with E-state index in [-0.39, 0.29) is 6.61 Å². The second-order valence-electron chi connectivity index (χ2n) is 4.21. The molecule has 0 radical (unpaired) electrons. The summed E-state index contributed by atoms with van der Waals surface area (Å²) in [6.07, 6.45) is 0.516. The molecule has 3 saturated heterocycles. The summed E-state index contributed by atoms with van der Waals surface area (Å²) < 4.78 is 9.20. The molecule has 8 nitrogen and oxygen atoms in total. The Hall–Kier alpha value is -1.80. The number of carbonyl (C=O) groups excluding carboxylic acids is 4. The van der Waals surface area contributed by atoms with Crippen molar-refractivity contribution in [3.63, 3.8) is 0 Å². The smallest absolute Gasteiger partial charge is 0.333 e. The molecule has 8 heteroatoms. The average Bonchev–Trinajstić information content (AvgIpc) is 2.78. The lowest BCUT2D eigenvalue weighted by molar-refractivity contribution is -0.152. The highest BCUT2D eigenvalue weighted by molar-refractivity contribution is 6.03. The minimum atomic E-state index is -1.30. The quantitative estimate of drug-likeness (QED) is 0.281. The largest absolute Gasteiger partial charge is 0.462 e. The Bertz CT molecular complexity index is 449. The first kappa shape index (κ1) is 10.4. The van der Waals surface area contributed by atoms with E-state index in [0.717, 1.165) is 0 Å². The second kappa shape index (κ2) is 3.11. The first-order chi connectivity index (χ1) is 8.07. The van der Waals surface area contributed by atoms with Crippen molar-refractivity contribution < 1.29 is 28.7 Å². The summed E-state index contributed by atoms with van der Waals surface area (Å²) in [5.41, 5.74) is -1.30. The van der Waals surface area contributed by atoms with Crippen molar-refractivity contribution >= 4 is 24.2 Å². The van der Waals surface area contributed by atoms with E-state index < -0.39 is 41.6 Å². The zero-order valence-electron chi connectivity index (χ0n) is 8.47. The van der Waals surface area contributed by atoms with Crippen LogP contribution in [0.2, 0.25) is 0 Å². The van der Waals surface area contributed by atoms with E-state index in [2.05, 4.69) is 15.4 Å². The molecule has 0 aromatic heterocycles. The van der Waals surface area contributed by atoms with E-state index in [1.165, 1.54) is 0 Å². The number of rotatable bonds is 1. The molecule has 3 fully saturated rings. The van der Waals surface area contributed by atoms with E-state index in [9.17, 15) is 19.2 Å². The van der Waals surface area contributed by atoms with Gasteiger partial charge in [-0.3, -0.25) is 15.4 Å². The Morgan fingerprint density at radius 3 is 2.59 bits per heavy atom. The van der Waals surface area contributed by atoms with Gasteiger partial charge in [0, 0.05) is 0 Å². The first-order valence-electron chi connectivity index (χ1n) is 5.00. The van der Waals surface area contributed by atoms with Gasteiger partial charge in [0.2, 0.25) is 0 Å². The standard InChI is InChI=1S/C9H8N2O6/c12-1-9-2-16-8(15)5(9)10-3-4(11-9)7(14)17-6(3)13/h1,3-5,10-11H,2H2. The summed E-state index contributed by atoms with van der Waals surface area (Å²) >= 11 is 0. The van der Waals surface area contributed by atoms with E-state index in [1.54, 1.807) is 0 Å². The van der Waals surface area contributed by atoms with Crippen molar-refractivity contribution in [2.75, 3.05) is 6.61 Å². The Morgan fingerprint density at radius 2 is 1.88 bits per heavy atom. The molecule has 0 bridgehead atoms. The van der Waals surface area contributed by atoms with Crippen LogP contribution in [0.1, 0.15) is 0 Å². The van der Waals surface area contributed by atoms with Gasteiger partial charge in [-0.1, -0.05) is 0 Å². The molecule has 0 aromatic rings. The van der Waals surface area contributed by atoms with Gasteiger partial charge in [-0.15, -0.1) is 0 Å². The Balaban J connectivity index is 1.98. The summed E-state index contributed by atoms with van der Waals surface area (Å²) in [6.45, 7) is -0.169. The fourth-order valence-corrected chi connectivity index (χ4v) is 2.32. The zero-order chi connectivity index (χ0) is 12.2. The van der Waals surface area contributed by atoms with Gasteiger partial charge in [-0.25, -0.2) is 9.59 Å². The number of cyclic esters (lactones) is 3. The number of hydrogen-bond donors (Lipinski definition) is 2. The number of piperazine rings is 1. The zero-order valence-corrected chi connectivity index (χ0v) is 8.47. The molecule has 3 rings (SSSR count). The molecule has 0 aliphatic carbocycles. The van der Waals surface area contributed by atoms with Gasteiger partial charge in [0.25, 0.3) is 0 Å². The van der Waals surface area contributed by atoms with Gasteiger partial charge in [-0.2, -0.15) is 0 Å². The second-order valence-corrected chi connectivity index (χ2v) is 4.21. The lowest BCUT2D eigenvalue weighted by Crippen LogP contribution is -2.74. The maximum atomic E-state index is 11.4. The van der Waals surface area contributed by atoms with Crippen molar-refractivity contribution in [3.8, 4) is 0 Å². The van der Waals surface area contributed by atoms with E-state index >= 15 is 0 Å². The number of esters is 3. The summed E-state index contributed by atoms with van der Waals surface area (Å²) in [5.74, 6) is -2.14. The van der Waals surface area contributed by atoms with Crippen LogP contribution in [0.15, 0.2) is 0 Å². The van der Waals surface area contributed by atoms with Gasteiger partial charge in [0.05, 0.1) is 0 Å². The molecule has 90 valence electrons. The van der Waals surface area contributed by atoms with Crippen LogP contribution in [0.5, 0.6) is 0 Å². The molecule has 17 heavy (non-hydrogen) atoms. The highest BCUT2D eigenvalue weighted by Crippen LogP contribution is 2.27. The summed E-state index contributed by atoms with van der Waals surface area (Å²) in [5, 5.41) is 5.31. The van der Waals surface area contributed by atoms with Crippen LogP contribution in [0.3, 0.4) is 0 Å². The third-order valence-corrected chi connectivity index (χ3v) is 3.23. The van der Waals surface area contributed by atoms with Gasteiger partial charge in [-0.05, 0) is 0 Å². The van der Waals surface area contributed by atoms with E-state index in [1.807, 2.05) is 0 Å². The third-order valence-electron chi connectivity index (χ3n) is 3.23. The Labute approximate surface area is 94.6 Å². The molecule has 4 unspecified atom stereocenters. The van der Waals surface area contributed by atoms with Gasteiger partial charge >= 0.3 is 17.9 Å². The number of aldehydes is 1. The molecular weight excluding hydrogens is 232 g/mol. The minimum Gasteiger partial charge on any atom is -0.462 e. The third kappa shape index (κ3) is 1.19. The molecule has 3 aliphatic heterocycles. The monoisotopic (exact) mass is 240 g/mol. The minimum absolute atomic E-state index is 0.169. The van der Waals surface area contributed by atoms with E-state index in [4.69, 9.17) is 4.74 Å². The summed E-state index contributed by atoms with van der Waals surface area (Å²) in [7, 11) is 0. The van der Waals surface area contributed by atoms with Gasteiger partial charge < -0.3 is 14.3 Å². The number of carbonyl (C=O) groups is 4. The molecule has 3 heterocycles. The lowest BCUT2D eigenvalue weighted by atomic mass is 9.88. The highest BCUT2D eigenvalue weighted by atomic mass is 16.6. The molecular formula is C9H8N2O6. The Morgan fingerprint density at radius 1 is 1.18 bits per heavy atom. The van der Waals surface area contributed by atoms with Crippen LogP contribution in [-0.4, -0.2) is 54.5 Å². The predicted molar refractivity (Wildman–Crippen MR) is 48.5 cm³/mol. The van der Waals surface area contributed by atoms with Crippen LogP contribution < -0.4 is 10.6 Å². The van der Waals surface area contributed by atoms with Gasteiger partial charge in [0.15, 0.2) is 0 Å².